The number of ketones is 2. The first-order chi connectivity index (χ1) is 8.19. The van der Waals surface area contributed by atoms with E-state index >= 15 is 0 Å². The van der Waals surface area contributed by atoms with Crippen molar-refractivity contribution in [3.8, 4) is 0 Å². The summed E-state index contributed by atoms with van der Waals surface area (Å²) in [6.45, 7) is -0.164. The lowest BCUT2D eigenvalue weighted by atomic mass is 9.89. The number of nitrogens with two attached hydrogens (primary N) is 2. The fourth-order valence-electron chi connectivity index (χ4n) is 2.15. The van der Waals surface area contributed by atoms with Crippen LogP contribution in [0.4, 0.5) is 0 Å². The molecule has 4 heteroatoms. The summed E-state index contributed by atoms with van der Waals surface area (Å²) < 4.78 is 0. The average Bonchev–Trinajstić information content (AvgIpc) is 2.76. The Morgan fingerprint density at radius 1 is 1.12 bits per heavy atom. The van der Waals surface area contributed by atoms with E-state index in [9.17, 15) is 9.59 Å². The third-order valence-electron chi connectivity index (χ3n) is 2.96. The smallest absolute Gasteiger partial charge is 0.173 e. The number of rotatable bonds is 4. The van der Waals surface area contributed by atoms with Gasteiger partial charge in [-0.2, -0.15) is 0 Å². The lowest BCUT2D eigenvalue weighted by molar-refractivity contribution is -0.120. The largest absolute Gasteiger partial charge is 0.324 e. The Morgan fingerprint density at radius 3 is 2.47 bits per heavy atom. The lowest BCUT2D eigenvalue weighted by Crippen LogP contribution is -2.27. The molecule has 2 rings (SSSR count). The fourth-order valence-corrected chi connectivity index (χ4v) is 2.15. The van der Waals surface area contributed by atoms with Gasteiger partial charge in [-0.25, -0.2) is 0 Å². The van der Waals surface area contributed by atoms with Gasteiger partial charge in [0, 0.05) is 5.57 Å². The van der Waals surface area contributed by atoms with E-state index in [0.29, 0.717) is 5.57 Å². The average molecular weight is 230 g/mol. The van der Waals surface area contributed by atoms with Crippen LogP contribution in [0.5, 0.6) is 0 Å². The zero-order valence-electron chi connectivity index (χ0n) is 9.35. The maximum absolute atomic E-state index is 11.8. The van der Waals surface area contributed by atoms with Crippen molar-refractivity contribution in [2.24, 2.45) is 11.5 Å². The van der Waals surface area contributed by atoms with Gasteiger partial charge in [0.05, 0.1) is 19.0 Å². The molecular formula is C13H14N2O2. The van der Waals surface area contributed by atoms with E-state index in [1.54, 1.807) is 6.08 Å². The summed E-state index contributed by atoms with van der Waals surface area (Å²) in [7, 11) is 0. The highest BCUT2D eigenvalue weighted by atomic mass is 16.1. The van der Waals surface area contributed by atoms with Crippen LogP contribution in [0.15, 0.2) is 29.8 Å². The van der Waals surface area contributed by atoms with E-state index in [0.717, 1.165) is 11.1 Å². The van der Waals surface area contributed by atoms with Crippen molar-refractivity contribution < 1.29 is 9.59 Å². The first-order valence-electron chi connectivity index (χ1n) is 5.45. The zero-order chi connectivity index (χ0) is 12.4. The summed E-state index contributed by atoms with van der Waals surface area (Å²) >= 11 is 0. The maximum Gasteiger partial charge on any atom is 0.173 e. The lowest BCUT2D eigenvalue weighted by Gasteiger charge is -2.13. The SMILES string of the molecule is NCC(=O)C1=Cc2ccccc2C1C(=O)CN. The molecular weight excluding hydrogens is 216 g/mol. The van der Waals surface area contributed by atoms with Crippen molar-refractivity contribution in [1.82, 2.24) is 0 Å². The van der Waals surface area contributed by atoms with Crippen LogP contribution >= 0.6 is 0 Å². The third-order valence-corrected chi connectivity index (χ3v) is 2.96. The van der Waals surface area contributed by atoms with Gasteiger partial charge in [0.2, 0.25) is 0 Å². The molecule has 1 aromatic rings. The molecule has 1 aliphatic rings. The van der Waals surface area contributed by atoms with Crippen molar-refractivity contribution in [2.45, 2.75) is 5.92 Å². The first-order valence-corrected chi connectivity index (χ1v) is 5.45. The molecule has 0 spiro atoms. The molecule has 1 aliphatic carbocycles. The number of carbonyl (C=O) groups excluding carboxylic acids is 2. The Balaban J connectivity index is 2.48. The molecule has 0 amide bonds. The van der Waals surface area contributed by atoms with Crippen LogP contribution in [0.3, 0.4) is 0 Å². The molecule has 4 nitrogen and oxygen atoms in total. The summed E-state index contributed by atoms with van der Waals surface area (Å²) in [5, 5.41) is 0. The molecule has 0 fully saturated rings. The van der Waals surface area contributed by atoms with Crippen molar-refractivity contribution in [2.75, 3.05) is 13.1 Å². The molecule has 0 saturated carbocycles. The second-order valence-electron chi connectivity index (χ2n) is 3.96. The van der Waals surface area contributed by atoms with Gasteiger partial charge < -0.3 is 11.5 Å². The normalized spacial score (nSPS) is 17.5. The minimum atomic E-state index is -0.535. The van der Waals surface area contributed by atoms with Gasteiger partial charge in [0.15, 0.2) is 11.6 Å². The number of fused-ring (bicyclic) bond motifs is 1. The Hall–Kier alpha value is -1.78. The minimum absolute atomic E-state index is 0.0752. The summed E-state index contributed by atoms with van der Waals surface area (Å²) in [4.78, 5) is 23.6. The van der Waals surface area contributed by atoms with Gasteiger partial charge in [-0.1, -0.05) is 24.3 Å². The predicted molar refractivity (Wildman–Crippen MR) is 65.3 cm³/mol. The van der Waals surface area contributed by atoms with Crippen LogP contribution in [-0.4, -0.2) is 24.7 Å². The van der Waals surface area contributed by atoms with E-state index in [4.69, 9.17) is 11.5 Å². The highest BCUT2D eigenvalue weighted by Crippen LogP contribution is 2.36. The summed E-state index contributed by atoms with van der Waals surface area (Å²) in [5.74, 6) is -0.886. The van der Waals surface area contributed by atoms with Crippen LogP contribution in [0.2, 0.25) is 0 Å². The van der Waals surface area contributed by atoms with Crippen molar-refractivity contribution in [3.63, 3.8) is 0 Å². The quantitative estimate of drug-likeness (QED) is 0.774. The Morgan fingerprint density at radius 2 is 1.82 bits per heavy atom. The molecule has 0 radical (unpaired) electrons. The zero-order valence-corrected chi connectivity index (χ0v) is 9.35. The molecule has 0 aromatic heterocycles. The number of hydrogen-bond acceptors (Lipinski definition) is 4. The Labute approximate surface area is 99.3 Å². The number of benzene rings is 1. The number of hydrogen-bond donors (Lipinski definition) is 2. The van der Waals surface area contributed by atoms with Gasteiger partial charge in [-0.05, 0) is 17.2 Å². The Kier molecular flexibility index (Phi) is 3.17. The molecule has 0 bridgehead atoms. The van der Waals surface area contributed by atoms with E-state index in [-0.39, 0.29) is 24.7 Å². The molecule has 4 N–H and O–H groups in total. The predicted octanol–water partition coefficient (Wildman–Crippen LogP) is 0.223. The number of Topliss-reactive ketones (excluding diaryl/α,β-unsaturated/α-hetero) is 2. The molecule has 17 heavy (non-hydrogen) atoms. The van der Waals surface area contributed by atoms with E-state index in [1.807, 2.05) is 24.3 Å². The molecule has 0 saturated heterocycles. The standard InChI is InChI=1S/C13H14N2O2/c14-6-11(16)10-5-8-3-1-2-4-9(8)13(10)12(17)7-15/h1-5,13H,6-7,14-15H2. The second-order valence-corrected chi connectivity index (χ2v) is 3.96. The van der Waals surface area contributed by atoms with Crippen LogP contribution in [0, 0.1) is 0 Å². The van der Waals surface area contributed by atoms with E-state index in [2.05, 4.69) is 0 Å². The molecule has 1 aromatic carbocycles. The second kappa shape index (κ2) is 4.61. The van der Waals surface area contributed by atoms with Crippen molar-refractivity contribution >= 4 is 17.6 Å². The van der Waals surface area contributed by atoms with Gasteiger partial charge in [0.1, 0.15) is 0 Å². The van der Waals surface area contributed by atoms with Crippen LogP contribution in [0.1, 0.15) is 17.0 Å². The van der Waals surface area contributed by atoms with E-state index < -0.39 is 5.92 Å². The van der Waals surface area contributed by atoms with Gasteiger partial charge in [-0.15, -0.1) is 0 Å². The maximum atomic E-state index is 11.8. The highest BCUT2D eigenvalue weighted by molar-refractivity contribution is 6.11. The molecule has 0 aliphatic heterocycles. The summed E-state index contributed by atoms with van der Waals surface area (Å²) in [6.07, 6.45) is 1.74. The summed E-state index contributed by atoms with van der Waals surface area (Å²) in [5.41, 5.74) is 13.0. The van der Waals surface area contributed by atoms with Crippen LogP contribution in [0.25, 0.3) is 6.08 Å². The van der Waals surface area contributed by atoms with Crippen molar-refractivity contribution in [3.05, 3.63) is 41.0 Å². The third kappa shape index (κ3) is 1.92. The molecule has 1 atom stereocenters. The minimum Gasteiger partial charge on any atom is -0.324 e. The monoisotopic (exact) mass is 230 g/mol. The van der Waals surface area contributed by atoms with Crippen LogP contribution < -0.4 is 11.5 Å². The fraction of sp³-hybridized carbons (Fsp3) is 0.231. The van der Waals surface area contributed by atoms with Crippen molar-refractivity contribution in [1.29, 1.82) is 0 Å². The van der Waals surface area contributed by atoms with E-state index in [1.165, 1.54) is 0 Å². The topological polar surface area (TPSA) is 86.2 Å². The highest BCUT2D eigenvalue weighted by Gasteiger charge is 2.33. The Bertz CT molecular complexity index is 506. The summed E-state index contributed by atoms with van der Waals surface area (Å²) in [6, 6.07) is 7.44. The first kappa shape index (κ1) is 11.7. The van der Waals surface area contributed by atoms with Gasteiger partial charge in [-0.3, -0.25) is 9.59 Å². The van der Waals surface area contributed by atoms with Crippen LogP contribution in [-0.2, 0) is 9.59 Å². The van der Waals surface area contributed by atoms with Gasteiger partial charge >= 0.3 is 0 Å². The molecule has 1 unspecified atom stereocenters. The molecule has 88 valence electrons. The number of carbonyl (C=O) groups is 2. The molecule has 0 heterocycles. The van der Waals surface area contributed by atoms with Gasteiger partial charge in [0.25, 0.3) is 0 Å².